The van der Waals surface area contributed by atoms with Crippen molar-refractivity contribution in [1.29, 1.82) is 0 Å². The number of hydrogen-bond donors (Lipinski definition) is 3. The Kier molecular flexibility index (Phi) is 4.09. The summed E-state index contributed by atoms with van der Waals surface area (Å²) < 4.78 is 10.6. The maximum atomic E-state index is 11.9. The van der Waals surface area contributed by atoms with E-state index in [2.05, 4.69) is 20.8 Å². The van der Waals surface area contributed by atoms with Crippen molar-refractivity contribution in [3.05, 3.63) is 11.6 Å². The van der Waals surface area contributed by atoms with Crippen molar-refractivity contribution in [1.82, 2.24) is 0 Å². The van der Waals surface area contributed by atoms with Crippen LogP contribution in [0.1, 0.15) is 52.9 Å². The number of carbonyl (C=O) groups is 1. The van der Waals surface area contributed by atoms with Gasteiger partial charge in [0, 0.05) is 11.0 Å². The van der Waals surface area contributed by atoms with Crippen molar-refractivity contribution in [2.24, 2.45) is 22.7 Å². The highest BCUT2D eigenvalue weighted by Gasteiger charge is 2.73. The molecule has 0 aromatic carbocycles. The number of hydrogen-bond acceptors (Lipinski definition) is 6. The van der Waals surface area contributed by atoms with Gasteiger partial charge < -0.3 is 24.8 Å². The van der Waals surface area contributed by atoms with Crippen molar-refractivity contribution in [2.45, 2.75) is 77.0 Å². The van der Waals surface area contributed by atoms with E-state index in [9.17, 15) is 20.1 Å². The summed E-state index contributed by atoms with van der Waals surface area (Å²) in [6.45, 7) is 7.20. The molecular weight excluding hydrogens is 336 g/mol. The number of carbonyl (C=O) groups excluding carboxylic acids is 1. The van der Waals surface area contributed by atoms with E-state index in [0.29, 0.717) is 30.9 Å². The van der Waals surface area contributed by atoms with Crippen LogP contribution in [0.15, 0.2) is 11.6 Å². The lowest BCUT2D eigenvalue weighted by Crippen LogP contribution is -2.65. The number of epoxide rings is 1. The van der Waals surface area contributed by atoms with Gasteiger partial charge in [0.1, 0.15) is 11.7 Å². The van der Waals surface area contributed by atoms with E-state index in [1.807, 2.05) is 0 Å². The molecule has 6 heteroatoms. The molecule has 8 atom stereocenters. The van der Waals surface area contributed by atoms with E-state index in [-0.39, 0.29) is 16.7 Å². The number of cyclic esters (lactones) is 1. The number of fused-ring (bicyclic) bond motifs is 2. The van der Waals surface area contributed by atoms with Gasteiger partial charge in [-0.25, -0.2) is 4.79 Å². The Morgan fingerprint density at radius 3 is 2.54 bits per heavy atom. The van der Waals surface area contributed by atoms with Gasteiger partial charge >= 0.3 is 5.97 Å². The summed E-state index contributed by atoms with van der Waals surface area (Å²) in [4.78, 5) is 11.9. The third-order valence-electron chi connectivity index (χ3n) is 8.30. The van der Waals surface area contributed by atoms with Crippen molar-refractivity contribution in [3.8, 4) is 0 Å². The number of esters is 1. The summed E-state index contributed by atoms with van der Waals surface area (Å²) in [6, 6.07) is 0. The van der Waals surface area contributed by atoms with Gasteiger partial charge in [0.05, 0.1) is 12.7 Å². The predicted octanol–water partition coefficient (Wildman–Crippen LogP) is 1.52. The quantitative estimate of drug-likeness (QED) is 0.517. The molecule has 1 spiro atoms. The van der Waals surface area contributed by atoms with E-state index in [1.165, 1.54) is 6.08 Å². The van der Waals surface area contributed by atoms with Crippen molar-refractivity contribution < 1.29 is 29.6 Å². The lowest BCUT2D eigenvalue weighted by molar-refractivity contribution is -0.197. The van der Waals surface area contributed by atoms with E-state index in [0.717, 1.165) is 19.3 Å². The minimum absolute atomic E-state index is 0.0955. The highest BCUT2D eigenvalue weighted by molar-refractivity contribution is 5.90. The van der Waals surface area contributed by atoms with Gasteiger partial charge in [-0.3, -0.25) is 0 Å². The van der Waals surface area contributed by atoms with Crippen molar-refractivity contribution in [3.63, 3.8) is 0 Å². The Hall–Kier alpha value is -0.950. The minimum atomic E-state index is -1.13. The van der Waals surface area contributed by atoms with Crippen LogP contribution in [0, 0.1) is 22.7 Å². The Morgan fingerprint density at radius 2 is 1.96 bits per heavy atom. The molecule has 2 aliphatic carbocycles. The van der Waals surface area contributed by atoms with Crippen LogP contribution < -0.4 is 0 Å². The fraction of sp³-hybridized carbons (Fsp3) is 0.850. The summed E-state index contributed by atoms with van der Waals surface area (Å²) in [5.41, 5.74) is -0.371. The second-order valence-electron chi connectivity index (χ2n) is 9.33. The zero-order valence-electron chi connectivity index (χ0n) is 15.8. The van der Waals surface area contributed by atoms with Gasteiger partial charge in [0.2, 0.25) is 6.29 Å². The first-order chi connectivity index (χ1) is 12.1. The number of aliphatic hydroxyl groups excluding tert-OH is 3. The summed E-state index contributed by atoms with van der Waals surface area (Å²) in [5, 5.41) is 30.6. The zero-order chi connectivity index (χ0) is 18.9. The summed E-state index contributed by atoms with van der Waals surface area (Å²) in [5.74, 6) is 0.192. The lowest BCUT2D eigenvalue weighted by atomic mass is 9.43. The first-order valence-electron chi connectivity index (χ1n) is 9.74. The fourth-order valence-electron chi connectivity index (χ4n) is 6.19. The molecule has 146 valence electrons. The molecule has 0 aromatic rings. The molecular formula is C20H30O6. The minimum Gasteiger partial charge on any atom is -0.429 e. The highest BCUT2D eigenvalue weighted by atomic mass is 16.6. The molecule has 26 heavy (non-hydrogen) atoms. The van der Waals surface area contributed by atoms with Crippen LogP contribution in [0.25, 0.3) is 0 Å². The average Bonchev–Trinajstić information content (AvgIpc) is 3.33. The second-order valence-corrected chi connectivity index (χ2v) is 9.33. The Balaban J connectivity index is 1.62. The Morgan fingerprint density at radius 1 is 1.27 bits per heavy atom. The molecule has 0 bridgehead atoms. The van der Waals surface area contributed by atoms with E-state index in [4.69, 9.17) is 9.47 Å². The highest BCUT2D eigenvalue weighted by Crippen LogP contribution is 2.68. The molecule has 0 unspecified atom stereocenters. The van der Waals surface area contributed by atoms with Gasteiger partial charge in [-0.15, -0.1) is 0 Å². The Bertz CT molecular complexity index is 640. The molecule has 2 heterocycles. The van der Waals surface area contributed by atoms with Gasteiger partial charge in [0.15, 0.2) is 0 Å². The van der Waals surface area contributed by atoms with E-state index >= 15 is 0 Å². The summed E-state index contributed by atoms with van der Waals surface area (Å²) in [7, 11) is 0. The molecule has 0 radical (unpaired) electrons. The van der Waals surface area contributed by atoms with Crippen LogP contribution in [-0.4, -0.2) is 52.0 Å². The van der Waals surface area contributed by atoms with Crippen LogP contribution in [0.4, 0.5) is 0 Å². The molecule has 0 aromatic heterocycles. The van der Waals surface area contributed by atoms with E-state index in [1.54, 1.807) is 0 Å². The lowest BCUT2D eigenvalue weighted by Gasteiger charge is -2.61. The van der Waals surface area contributed by atoms with E-state index < -0.39 is 30.1 Å². The van der Waals surface area contributed by atoms with Crippen LogP contribution in [0.2, 0.25) is 0 Å². The molecule has 4 aliphatic rings. The standard InChI is InChI=1S/C20H30O6/c1-11-4-7-19(3)14(9-13(21)16(23)20(19)10-25-20)18(11,2)6-5-12-8-15(22)26-17(12)24/h8,11,13-16,21-23H,4-7,9-10H2,1-3H3/t11-,13-,14+,15+,16-,18-,19-,20-/m0/s1. The van der Waals surface area contributed by atoms with Gasteiger partial charge in [-0.1, -0.05) is 20.8 Å². The van der Waals surface area contributed by atoms with Crippen LogP contribution in [0.5, 0.6) is 0 Å². The molecule has 6 nitrogen and oxygen atoms in total. The molecule has 2 aliphatic heterocycles. The van der Waals surface area contributed by atoms with Crippen LogP contribution in [0.3, 0.4) is 0 Å². The maximum Gasteiger partial charge on any atom is 0.336 e. The fourth-order valence-corrected chi connectivity index (χ4v) is 6.19. The largest absolute Gasteiger partial charge is 0.429 e. The number of aliphatic hydroxyl groups is 3. The average molecular weight is 366 g/mol. The molecule has 4 rings (SSSR count). The predicted molar refractivity (Wildman–Crippen MR) is 92.8 cm³/mol. The molecule has 3 fully saturated rings. The van der Waals surface area contributed by atoms with Gasteiger partial charge in [-0.2, -0.15) is 0 Å². The topological polar surface area (TPSA) is 99.5 Å². The Labute approximate surface area is 154 Å². The molecule has 0 amide bonds. The summed E-state index contributed by atoms with van der Waals surface area (Å²) in [6.07, 6.45) is 2.64. The van der Waals surface area contributed by atoms with Crippen molar-refractivity contribution in [2.75, 3.05) is 6.61 Å². The third-order valence-corrected chi connectivity index (χ3v) is 8.30. The normalized spacial score (nSPS) is 53.2. The first-order valence-corrected chi connectivity index (χ1v) is 9.74. The van der Waals surface area contributed by atoms with Crippen LogP contribution in [-0.2, 0) is 14.3 Å². The van der Waals surface area contributed by atoms with Gasteiger partial charge in [-0.05, 0) is 55.4 Å². The SMILES string of the molecule is C[C@H]1CC[C@@]2(C)[C@H](C[C@H](O)[C@H](O)[C@@]23CO3)[C@@]1(C)CCC1=C[C@H](O)OC1=O. The molecule has 1 saturated heterocycles. The maximum absolute atomic E-state index is 11.9. The van der Waals surface area contributed by atoms with Crippen molar-refractivity contribution >= 4 is 5.97 Å². The first kappa shape index (κ1) is 18.4. The third kappa shape index (κ3) is 2.35. The number of ether oxygens (including phenoxy) is 2. The second kappa shape index (κ2) is 5.77. The monoisotopic (exact) mass is 366 g/mol. The van der Waals surface area contributed by atoms with Crippen LogP contribution >= 0.6 is 0 Å². The smallest absolute Gasteiger partial charge is 0.336 e. The van der Waals surface area contributed by atoms with Gasteiger partial charge in [0.25, 0.3) is 0 Å². The summed E-state index contributed by atoms with van der Waals surface area (Å²) >= 11 is 0. The zero-order valence-corrected chi connectivity index (χ0v) is 15.8. The molecule has 3 N–H and O–H groups in total. The molecule has 2 saturated carbocycles. The number of rotatable bonds is 3.